The van der Waals surface area contributed by atoms with Crippen LogP contribution in [-0.4, -0.2) is 60.2 Å². The zero-order valence-corrected chi connectivity index (χ0v) is 15.7. The number of nitrogens with one attached hydrogen (secondary N) is 1. The first kappa shape index (κ1) is 19.5. The minimum atomic E-state index is -0.408. The average molecular weight is 383 g/mol. The fraction of sp³-hybridized carbons (Fsp3) is 0.286. The summed E-state index contributed by atoms with van der Waals surface area (Å²) >= 11 is 0. The molecule has 28 heavy (non-hydrogen) atoms. The van der Waals surface area contributed by atoms with Crippen molar-refractivity contribution in [3.05, 3.63) is 71.0 Å². The van der Waals surface area contributed by atoms with Crippen LogP contribution in [0.5, 0.6) is 0 Å². The lowest BCUT2D eigenvalue weighted by Crippen LogP contribution is -2.52. The highest BCUT2D eigenvalue weighted by Crippen LogP contribution is 2.13. The molecule has 1 aliphatic heterocycles. The van der Waals surface area contributed by atoms with Crippen molar-refractivity contribution in [3.63, 3.8) is 0 Å². The van der Waals surface area contributed by atoms with Crippen LogP contribution in [0.25, 0.3) is 0 Å². The molecule has 0 spiro atoms. The van der Waals surface area contributed by atoms with Crippen LogP contribution < -0.4 is 5.32 Å². The van der Waals surface area contributed by atoms with Gasteiger partial charge >= 0.3 is 0 Å². The number of benzene rings is 2. The molecule has 3 rings (SSSR count). The first-order valence-corrected chi connectivity index (χ1v) is 9.12. The molecular formula is C21H22FN3O3. The van der Waals surface area contributed by atoms with E-state index < -0.39 is 5.82 Å². The van der Waals surface area contributed by atoms with Crippen molar-refractivity contribution >= 4 is 17.7 Å². The number of hydrogen-bond acceptors (Lipinski definition) is 3. The van der Waals surface area contributed by atoms with Crippen LogP contribution in [0.2, 0.25) is 0 Å². The summed E-state index contributed by atoms with van der Waals surface area (Å²) in [5.74, 6) is -1.15. The van der Waals surface area contributed by atoms with Crippen LogP contribution >= 0.6 is 0 Å². The first-order valence-electron chi connectivity index (χ1n) is 9.12. The molecule has 0 unspecified atom stereocenters. The summed E-state index contributed by atoms with van der Waals surface area (Å²) in [5, 5.41) is 2.61. The lowest BCUT2D eigenvalue weighted by atomic mass is 10.1. The molecule has 7 heteroatoms. The number of halogens is 1. The Kier molecular flexibility index (Phi) is 6.03. The average Bonchev–Trinajstić information content (AvgIpc) is 2.74. The number of rotatable bonds is 4. The van der Waals surface area contributed by atoms with Gasteiger partial charge in [-0.15, -0.1) is 0 Å². The van der Waals surface area contributed by atoms with Gasteiger partial charge in [0, 0.05) is 37.3 Å². The Bertz CT molecular complexity index is 878. The van der Waals surface area contributed by atoms with Gasteiger partial charge in [-0.1, -0.05) is 24.3 Å². The standard InChI is InChI=1S/C21H22FN3O3/c1-15-7-8-17(13-18(15)22)21(28)25-11-9-24(10-12-25)19(26)14-23-20(27)16-5-3-2-4-6-16/h2-8,13H,9-12,14H2,1H3,(H,23,27). The van der Waals surface area contributed by atoms with Crippen LogP contribution in [0.3, 0.4) is 0 Å². The molecule has 2 aromatic carbocycles. The smallest absolute Gasteiger partial charge is 0.254 e. The van der Waals surface area contributed by atoms with E-state index >= 15 is 0 Å². The Morgan fingerprint density at radius 1 is 0.929 bits per heavy atom. The van der Waals surface area contributed by atoms with Crippen molar-refractivity contribution in [1.29, 1.82) is 0 Å². The van der Waals surface area contributed by atoms with E-state index in [1.54, 1.807) is 53.1 Å². The molecule has 1 saturated heterocycles. The van der Waals surface area contributed by atoms with Gasteiger partial charge in [0.15, 0.2) is 0 Å². The van der Waals surface area contributed by atoms with Crippen molar-refractivity contribution in [1.82, 2.24) is 15.1 Å². The number of piperazine rings is 1. The zero-order chi connectivity index (χ0) is 20.1. The Morgan fingerprint density at radius 3 is 2.21 bits per heavy atom. The van der Waals surface area contributed by atoms with Gasteiger partial charge in [-0.3, -0.25) is 14.4 Å². The number of hydrogen-bond donors (Lipinski definition) is 1. The molecule has 2 aromatic rings. The van der Waals surface area contributed by atoms with Crippen molar-refractivity contribution in [2.75, 3.05) is 32.7 Å². The monoisotopic (exact) mass is 383 g/mol. The molecule has 0 atom stereocenters. The van der Waals surface area contributed by atoms with Crippen LogP contribution in [-0.2, 0) is 4.79 Å². The largest absolute Gasteiger partial charge is 0.343 e. The van der Waals surface area contributed by atoms with Crippen molar-refractivity contribution < 1.29 is 18.8 Å². The summed E-state index contributed by atoms with van der Waals surface area (Å²) in [7, 11) is 0. The minimum Gasteiger partial charge on any atom is -0.343 e. The summed E-state index contributed by atoms with van der Waals surface area (Å²) in [6, 6.07) is 13.1. The van der Waals surface area contributed by atoms with Crippen LogP contribution in [0.1, 0.15) is 26.3 Å². The van der Waals surface area contributed by atoms with Crippen molar-refractivity contribution in [2.24, 2.45) is 0 Å². The molecule has 1 aliphatic rings. The molecule has 6 nitrogen and oxygen atoms in total. The van der Waals surface area contributed by atoms with Crippen LogP contribution in [0.15, 0.2) is 48.5 Å². The molecule has 1 heterocycles. The number of aryl methyl sites for hydroxylation is 1. The number of amides is 3. The molecule has 0 bridgehead atoms. The van der Waals surface area contributed by atoms with Gasteiger partial charge < -0.3 is 15.1 Å². The van der Waals surface area contributed by atoms with Gasteiger partial charge in [-0.05, 0) is 36.8 Å². The maximum Gasteiger partial charge on any atom is 0.254 e. The van der Waals surface area contributed by atoms with E-state index in [2.05, 4.69) is 5.32 Å². The molecule has 0 saturated carbocycles. The zero-order valence-electron chi connectivity index (χ0n) is 15.7. The third kappa shape index (κ3) is 4.54. The molecular weight excluding hydrogens is 361 g/mol. The number of carbonyl (C=O) groups is 3. The quantitative estimate of drug-likeness (QED) is 0.876. The molecule has 1 fully saturated rings. The topological polar surface area (TPSA) is 69.7 Å². The Morgan fingerprint density at radius 2 is 1.57 bits per heavy atom. The van der Waals surface area contributed by atoms with E-state index in [9.17, 15) is 18.8 Å². The lowest BCUT2D eigenvalue weighted by Gasteiger charge is -2.35. The molecule has 0 aromatic heterocycles. The minimum absolute atomic E-state index is 0.0924. The number of nitrogens with zero attached hydrogens (tertiary/aromatic N) is 2. The fourth-order valence-corrected chi connectivity index (χ4v) is 3.03. The summed E-state index contributed by atoms with van der Waals surface area (Å²) < 4.78 is 13.7. The van der Waals surface area contributed by atoms with E-state index in [4.69, 9.17) is 0 Å². The molecule has 1 N–H and O–H groups in total. The van der Waals surface area contributed by atoms with Crippen LogP contribution in [0, 0.1) is 12.7 Å². The van der Waals surface area contributed by atoms with E-state index in [-0.39, 0.29) is 24.3 Å². The summed E-state index contributed by atoms with van der Waals surface area (Å²) in [6.07, 6.45) is 0. The highest BCUT2D eigenvalue weighted by molar-refractivity contribution is 5.96. The normalized spacial score (nSPS) is 13.9. The third-order valence-electron chi connectivity index (χ3n) is 4.77. The highest BCUT2D eigenvalue weighted by Gasteiger charge is 2.25. The second kappa shape index (κ2) is 8.65. The van der Waals surface area contributed by atoms with Crippen molar-refractivity contribution in [3.8, 4) is 0 Å². The molecule has 0 aliphatic carbocycles. The predicted octanol–water partition coefficient (Wildman–Crippen LogP) is 1.85. The van der Waals surface area contributed by atoms with Gasteiger partial charge in [0.25, 0.3) is 11.8 Å². The fourth-order valence-electron chi connectivity index (χ4n) is 3.03. The molecule has 146 valence electrons. The second-order valence-electron chi connectivity index (χ2n) is 6.69. The first-order chi connectivity index (χ1) is 13.5. The Hall–Kier alpha value is -3.22. The second-order valence-corrected chi connectivity index (χ2v) is 6.69. The summed E-state index contributed by atoms with van der Waals surface area (Å²) in [4.78, 5) is 40.1. The predicted molar refractivity (Wildman–Crippen MR) is 102 cm³/mol. The van der Waals surface area contributed by atoms with E-state index in [1.807, 2.05) is 6.07 Å². The Balaban J connectivity index is 1.49. The van der Waals surface area contributed by atoms with Gasteiger partial charge in [-0.25, -0.2) is 4.39 Å². The maximum atomic E-state index is 13.7. The maximum absolute atomic E-state index is 13.7. The van der Waals surface area contributed by atoms with E-state index in [1.165, 1.54) is 6.07 Å². The SMILES string of the molecule is Cc1ccc(C(=O)N2CCN(C(=O)CNC(=O)c3ccccc3)CC2)cc1F. The van der Waals surface area contributed by atoms with Gasteiger partial charge in [0.2, 0.25) is 5.91 Å². The lowest BCUT2D eigenvalue weighted by molar-refractivity contribution is -0.131. The summed E-state index contributed by atoms with van der Waals surface area (Å²) in [6.45, 7) is 3.04. The number of carbonyl (C=O) groups excluding carboxylic acids is 3. The molecule has 3 amide bonds. The summed E-state index contributed by atoms with van der Waals surface area (Å²) in [5.41, 5.74) is 1.29. The van der Waals surface area contributed by atoms with Crippen LogP contribution in [0.4, 0.5) is 4.39 Å². The van der Waals surface area contributed by atoms with Crippen molar-refractivity contribution in [2.45, 2.75) is 6.92 Å². The third-order valence-corrected chi connectivity index (χ3v) is 4.77. The van der Waals surface area contributed by atoms with Gasteiger partial charge in [0.05, 0.1) is 6.54 Å². The Labute approximate surface area is 162 Å². The van der Waals surface area contributed by atoms with E-state index in [0.29, 0.717) is 42.9 Å². The van der Waals surface area contributed by atoms with Gasteiger partial charge in [0.1, 0.15) is 5.82 Å². The molecule has 0 radical (unpaired) electrons. The highest BCUT2D eigenvalue weighted by atomic mass is 19.1. The van der Waals surface area contributed by atoms with E-state index in [0.717, 1.165) is 0 Å². The van der Waals surface area contributed by atoms with Gasteiger partial charge in [-0.2, -0.15) is 0 Å².